The van der Waals surface area contributed by atoms with E-state index in [0.717, 1.165) is 51.4 Å². The predicted octanol–water partition coefficient (Wildman–Crippen LogP) is 9.12. The van der Waals surface area contributed by atoms with Gasteiger partial charge in [-0.05, 0) is 112 Å². The van der Waals surface area contributed by atoms with E-state index in [9.17, 15) is 22.0 Å². The Balaban J connectivity index is 1.32. The molecule has 0 N–H and O–H groups in total. The van der Waals surface area contributed by atoms with Gasteiger partial charge < -0.3 is 9.47 Å². The van der Waals surface area contributed by atoms with Gasteiger partial charge in [0.25, 0.3) is 0 Å². The van der Waals surface area contributed by atoms with Crippen LogP contribution in [-0.2, 0) is 6.61 Å². The van der Waals surface area contributed by atoms with Crippen LogP contribution in [0.5, 0.6) is 11.5 Å². The van der Waals surface area contributed by atoms with E-state index in [4.69, 9.17) is 9.47 Å². The lowest BCUT2D eigenvalue weighted by Crippen LogP contribution is -2.25. The van der Waals surface area contributed by atoms with Gasteiger partial charge in [-0.3, -0.25) is 0 Å². The van der Waals surface area contributed by atoms with Gasteiger partial charge in [-0.15, -0.1) is 0 Å². The Labute approximate surface area is 220 Å². The van der Waals surface area contributed by atoms with Crippen molar-refractivity contribution in [2.24, 2.45) is 17.8 Å². The highest BCUT2D eigenvalue weighted by atomic mass is 19.2. The normalized spacial score (nSPS) is 24.3. The second kappa shape index (κ2) is 12.9. The van der Waals surface area contributed by atoms with Crippen molar-refractivity contribution in [1.82, 2.24) is 0 Å². The van der Waals surface area contributed by atoms with E-state index in [0.29, 0.717) is 17.4 Å². The third-order valence-electron chi connectivity index (χ3n) is 8.13. The summed E-state index contributed by atoms with van der Waals surface area (Å²) in [6.45, 7) is 0.311. The number of alkyl halides is 1. The second-order valence-corrected chi connectivity index (χ2v) is 10.4. The molecule has 0 spiro atoms. The van der Waals surface area contributed by atoms with E-state index in [2.05, 4.69) is 0 Å². The highest BCUT2D eigenvalue weighted by molar-refractivity contribution is 5.35. The van der Waals surface area contributed by atoms with Crippen molar-refractivity contribution >= 4 is 0 Å². The Bertz CT molecular complexity index is 1120. The maximum atomic E-state index is 15.0. The van der Waals surface area contributed by atoms with Crippen LogP contribution in [0.25, 0.3) is 0 Å². The first-order valence-electron chi connectivity index (χ1n) is 13.4. The first-order valence-corrected chi connectivity index (χ1v) is 13.4. The van der Waals surface area contributed by atoms with E-state index in [1.165, 1.54) is 30.3 Å². The Morgan fingerprint density at radius 3 is 1.97 bits per heavy atom. The highest BCUT2D eigenvalue weighted by Crippen LogP contribution is 2.45. The molecule has 0 saturated heterocycles. The first-order chi connectivity index (χ1) is 18.3. The summed E-state index contributed by atoms with van der Waals surface area (Å²) in [5.74, 6) is -4.65. The number of halogens is 6. The Hall–Kier alpha value is -2.64. The van der Waals surface area contributed by atoms with Crippen molar-refractivity contribution in [3.63, 3.8) is 0 Å². The Kier molecular flexibility index (Phi) is 9.66. The van der Waals surface area contributed by atoms with Gasteiger partial charge in [-0.2, -0.15) is 8.78 Å². The molecule has 2 fully saturated rings. The topological polar surface area (TPSA) is 18.5 Å². The van der Waals surface area contributed by atoms with Crippen molar-refractivity contribution in [1.29, 1.82) is 0 Å². The minimum Gasteiger partial charge on any atom is -0.491 e. The van der Waals surface area contributed by atoms with E-state index in [-0.39, 0.29) is 35.5 Å². The second-order valence-electron chi connectivity index (χ2n) is 10.4. The zero-order chi connectivity index (χ0) is 27.2. The van der Waals surface area contributed by atoms with Crippen molar-refractivity contribution < 1.29 is 35.8 Å². The number of allylic oxidation sites excluding steroid dienone is 2. The zero-order valence-electron chi connectivity index (χ0n) is 21.6. The molecule has 38 heavy (non-hydrogen) atoms. The molecule has 2 aliphatic rings. The molecule has 0 aromatic heterocycles. The molecule has 0 amide bonds. The fraction of sp³-hybridized carbons (Fsp3) is 0.533. The molecular formula is C30H34F6O2. The van der Waals surface area contributed by atoms with Gasteiger partial charge >= 0.3 is 0 Å². The molecule has 0 unspecified atom stereocenters. The van der Waals surface area contributed by atoms with Crippen molar-refractivity contribution in [3.8, 4) is 11.5 Å². The van der Waals surface area contributed by atoms with Crippen LogP contribution in [0.3, 0.4) is 0 Å². The maximum Gasteiger partial charge on any atom is 0.201 e. The molecule has 4 rings (SSSR count). The van der Waals surface area contributed by atoms with Crippen LogP contribution in [0.1, 0.15) is 75.3 Å². The molecule has 2 aliphatic carbocycles. The highest BCUT2D eigenvalue weighted by Gasteiger charge is 2.32. The fourth-order valence-electron chi connectivity index (χ4n) is 6.06. The van der Waals surface area contributed by atoms with Gasteiger partial charge in [-0.25, -0.2) is 17.6 Å². The lowest BCUT2D eigenvalue weighted by atomic mass is 9.68. The lowest BCUT2D eigenvalue weighted by Gasteiger charge is -2.37. The van der Waals surface area contributed by atoms with Crippen LogP contribution in [-0.4, -0.2) is 13.3 Å². The summed E-state index contributed by atoms with van der Waals surface area (Å²) in [5.41, 5.74) is 0.174. The van der Waals surface area contributed by atoms with Gasteiger partial charge in [0.15, 0.2) is 23.1 Å². The summed E-state index contributed by atoms with van der Waals surface area (Å²) >= 11 is 0. The summed E-state index contributed by atoms with van der Waals surface area (Å²) < 4.78 is 94.2. The molecule has 8 heteroatoms. The van der Waals surface area contributed by atoms with Crippen LogP contribution in [0.15, 0.2) is 36.2 Å². The van der Waals surface area contributed by atoms with Gasteiger partial charge in [0.05, 0.1) is 6.61 Å². The maximum absolute atomic E-state index is 15.0. The van der Waals surface area contributed by atoms with E-state index >= 15 is 4.39 Å². The summed E-state index contributed by atoms with van der Waals surface area (Å²) in [5, 5.41) is 0. The van der Waals surface area contributed by atoms with Crippen LogP contribution >= 0.6 is 0 Å². The first kappa shape index (κ1) is 28.4. The van der Waals surface area contributed by atoms with Gasteiger partial charge in [0.1, 0.15) is 19.1 Å². The average Bonchev–Trinajstić information content (AvgIpc) is 2.93. The van der Waals surface area contributed by atoms with Gasteiger partial charge in [-0.1, -0.05) is 6.07 Å². The molecule has 2 aromatic carbocycles. The van der Waals surface area contributed by atoms with Crippen molar-refractivity contribution in [2.75, 3.05) is 13.3 Å². The van der Waals surface area contributed by atoms with Crippen LogP contribution in [0.2, 0.25) is 0 Å². The molecule has 0 heterocycles. The third kappa shape index (κ3) is 6.49. The molecular weight excluding hydrogens is 506 g/mol. The molecule has 0 bridgehead atoms. The molecule has 0 aliphatic heterocycles. The fourth-order valence-corrected chi connectivity index (χ4v) is 6.06. The van der Waals surface area contributed by atoms with Crippen LogP contribution in [0, 0.1) is 41.0 Å². The summed E-state index contributed by atoms with van der Waals surface area (Å²) in [7, 11) is 0. The number of hydrogen-bond acceptors (Lipinski definition) is 2. The van der Waals surface area contributed by atoms with Crippen LogP contribution in [0.4, 0.5) is 26.3 Å². The van der Waals surface area contributed by atoms with E-state index in [1.807, 2.05) is 0 Å². The zero-order valence-corrected chi connectivity index (χ0v) is 21.6. The minimum atomic E-state index is -1.15. The molecule has 2 nitrogen and oxygen atoms in total. The summed E-state index contributed by atoms with van der Waals surface area (Å²) in [4.78, 5) is 0. The lowest BCUT2D eigenvalue weighted by molar-refractivity contribution is 0.170. The monoisotopic (exact) mass is 540 g/mol. The van der Waals surface area contributed by atoms with Crippen molar-refractivity contribution in [2.45, 2.75) is 70.8 Å². The third-order valence-corrected chi connectivity index (χ3v) is 8.13. The average molecular weight is 541 g/mol. The predicted molar refractivity (Wildman–Crippen MR) is 134 cm³/mol. The number of rotatable bonds is 9. The van der Waals surface area contributed by atoms with Gasteiger partial charge in [0.2, 0.25) is 11.6 Å². The quantitative estimate of drug-likeness (QED) is 0.295. The molecule has 2 aromatic rings. The smallest absolute Gasteiger partial charge is 0.201 e. The molecule has 2 saturated carbocycles. The number of hydrogen-bond donors (Lipinski definition) is 0. The molecule has 0 atom stereocenters. The Morgan fingerprint density at radius 2 is 1.34 bits per heavy atom. The summed E-state index contributed by atoms with van der Waals surface area (Å²) in [6.07, 6.45) is 8.40. The molecule has 0 radical (unpaired) electrons. The van der Waals surface area contributed by atoms with Gasteiger partial charge in [0, 0.05) is 5.56 Å². The van der Waals surface area contributed by atoms with Crippen molar-refractivity contribution in [3.05, 3.63) is 70.6 Å². The van der Waals surface area contributed by atoms with Crippen LogP contribution < -0.4 is 9.47 Å². The summed E-state index contributed by atoms with van der Waals surface area (Å²) in [6, 6.07) is 5.42. The van der Waals surface area contributed by atoms with E-state index in [1.54, 1.807) is 6.92 Å². The number of ether oxygens (including phenoxy) is 2. The molecule has 208 valence electrons. The Morgan fingerprint density at radius 1 is 0.763 bits per heavy atom. The standard InChI is InChI=1S/C30H34F6O2/c1-2-37-25-13-11-22(27(33)29(25)35)17-38-26-14-12-24(28(34)30(26)36)21-9-7-20(8-10-21)19-5-3-18(4-6-19)15-23(32)16-31/h11-15,18-21H,2-10,16-17H2,1H3/b23-15-. The van der Waals surface area contributed by atoms with E-state index < -0.39 is 42.4 Å². The largest absolute Gasteiger partial charge is 0.491 e. The SMILES string of the molecule is CCOc1ccc(COc2ccc(C3CCC(C4CCC(/C=C(\F)CF)CC4)CC3)c(F)c2F)c(F)c1F. The minimum absolute atomic E-state index is 0.0982. The number of benzene rings is 2.